The van der Waals surface area contributed by atoms with E-state index in [9.17, 15) is 4.79 Å². The van der Waals surface area contributed by atoms with Gasteiger partial charge in [0, 0.05) is 24.3 Å². The Morgan fingerprint density at radius 3 is 2.89 bits per heavy atom. The molecule has 6 heteroatoms. The van der Waals surface area contributed by atoms with Crippen molar-refractivity contribution in [2.24, 2.45) is 0 Å². The minimum absolute atomic E-state index is 0.159. The number of ether oxygens (including phenoxy) is 1. The molecule has 0 saturated carbocycles. The summed E-state index contributed by atoms with van der Waals surface area (Å²) in [7, 11) is 1.64. The lowest BCUT2D eigenvalue weighted by Crippen LogP contribution is -2.25. The Labute approximate surface area is 156 Å². The first-order valence-electron chi connectivity index (χ1n) is 8.61. The summed E-state index contributed by atoms with van der Waals surface area (Å²) in [5, 5.41) is 3.84. The summed E-state index contributed by atoms with van der Waals surface area (Å²) >= 11 is 0. The number of amides is 1. The Bertz CT molecular complexity index is 1070. The number of nitrogens with zero attached hydrogens (tertiary/aromatic N) is 2. The normalized spacial score (nSPS) is 10.9. The van der Waals surface area contributed by atoms with Crippen LogP contribution in [0.1, 0.15) is 21.6 Å². The third kappa shape index (κ3) is 3.55. The van der Waals surface area contributed by atoms with Crippen molar-refractivity contribution in [3.8, 4) is 5.75 Å². The molecule has 1 aromatic carbocycles. The van der Waals surface area contributed by atoms with Gasteiger partial charge in [0.15, 0.2) is 0 Å². The van der Waals surface area contributed by atoms with Gasteiger partial charge < -0.3 is 19.0 Å². The standard InChI is InChI=1S/C21H19N3O3/c1-26-18-6-2-4-15(10-18)14-24-19(11-17-7-9-27-21(17)24)20(25)23-13-16-5-3-8-22-12-16/h2-12H,13-14H2,1H3,(H,23,25). The topological polar surface area (TPSA) is 69.3 Å². The molecule has 0 saturated heterocycles. The molecule has 6 nitrogen and oxygen atoms in total. The van der Waals surface area contributed by atoms with Gasteiger partial charge in [-0.2, -0.15) is 0 Å². The molecule has 0 aliphatic heterocycles. The van der Waals surface area contributed by atoms with Crippen LogP contribution in [0.15, 0.2) is 71.6 Å². The summed E-state index contributed by atoms with van der Waals surface area (Å²) in [6.07, 6.45) is 5.07. The number of benzene rings is 1. The van der Waals surface area contributed by atoms with Gasteiger partial charge in [0.25, 0.3) is 5.91 Å². The minimum atomic E-state index is -0.159. The van der Waals surface area contributed by atoms with Crippen molar-refractivity contribution in [1.29, 1.82) is 0 Å². The van der Waals surface area contributed by atoms with Crippen LogP contribution in [0.25, 0.3) is 11.1 Å². The number of aromatic nitrogens is 2. The van der Waals surface area contributed by atoms with Crippen LogP contribution in [0.2, 0.25) is 0 Å². The van der Waals surface area contributed by atoms with Crippen molar-refractivity contribution < 1.29 is 13.9 Å². The Morgan fingerprint density at radius 1 is 1.19 bits per heavy atom. The van der Waals surface area contributed by atoms with E-state index in [0.717, 1.165) is 22.3 Å². The molecule has 3 aromatic heterocycles. The van der Waals surface area contributed by atoms with Gasteiger partial charge >= 0.3 is 0 Å². The second-order valence-corrected chi connectivity index (χ2v) is 6.19. The fourth-order valence-corrected chi connectivity index (χ4v) is 3.05. The molecule has 136 valence electrons. The van der Waals surface area contributed by atoms with Crippen LogP contribution in [0.5, 0.6) is 5.75 Å². The van der Waals surface area contributed by atoms with Gasteiger partial charge in [-0.3, -0.25) is 9.78 Å². The van der Waals surface area contributed by atoms with E-state index in [1.165, 1.54) is 0 Å². The van der Waals surface area contributed by atoms with Crippen LogP contribution in [0.4, 0.5) is 0 Å². The molecular weight excluding hydrogens is 342 g/mol. The molecule has 0 aliphatic carbocycles. The van der Waals surface area contributed by atoms with Gasteiger partial charge in [0.1, 0.15) is 11.4 Å². The molecule has 27 heavy (non-hydrogen) atoms. The van der Waals surface area contributed by atoms with Crippen LogP contribution >= 0.6 is 0 Å². The third-order valence-electron chi connectivity index (χ3n) is 4.39. The molecule has 0 radical (unpaired) electrons. The SMILES string of the molecule is COc1cccc(Cn2c(C(=O)NCc3cccnc3)cc3ccoc32)c1. The molecule has 1 amide bonds. The lowest BCUT2D eigenvalue weighted by molar-refractivity contribution is 0.0942. The van der Waals surface area contributed by atoms with Gasteiger partial charge in [-0.15, -0.1) is 0 Å². The Hall–Kier alpha value is -3.54. The van der Waals surface area contributed by atoms with Crippen molar-refractivity contribution in [2.75, 3.05) is 7.11 Å². The first kappa shape index (κ1) is 16.9. The summed E-state index contributed by atoms with van der Waals surface area (Å²) in [4.78, 5) is 16.9. The number of rotatable bonds is 6. The zero-order valence-corrected chi connectivity index (χ0v) is 14.9. The zero-order chi connectivity index (χ0) is 18.6. The number of hydrogen-bond acceptors (Lipinski definition) is 4. The van der Waals surface area contributed by atoms with Crippen molar-refractivity contribution in [2.45, 2.75) is 13.1 Å². The maximum atomic E-state index is 12.8. The number of pyridine rings is 1. The van der Waals surface area contributed by atoms with Crippen molar-refractivity contribution in [1.82, 2.24) is 14.9 Å². The summed E-state index contributed by atoms with van der Waals surface area (Å²) in [6.45, 7) is 0.919. The van der Waals surface area contributed by atoms with Gasteiger partial charge in [-0.1, -0.05) is 18.2 Å². The number of hydrogen-bond donors (Lipinski definition) is 1. The maximum Gasteiger partial charge on any atom is 0.268 e. The average Bonchev–Trinajstić information content (AvgIpc) is 3.30. The minimum Gasteiger partial charge on any atom is -0.497 e. The van der Waals surface area contributed by atoms with E-state index in [4.69, 9.17) is 9.15 Å². The highest BCUT2D eigenvalue weighted by Crippen LogP contribution is 2.23. The highest BCUT2D eigenvalue weighted by molar-refractivity contribution is 5.97. The monoisotopic (exact) mass is 361 g/mol. The van der Waals surface area contributed by atoms with Crippen LogP contribution in [0.3, 0.4) is 0 Å². The molecule has 3 heterocycles. The fraction of sp³-hybridized carbons (Fsp3) is 0.143. The summed E-state index contributed by atoms with van der Waals surface area (Å²) in [6, 6.07) is 15.2. The van der Waals surface area contributed by atoms with Crippen LogP contribution < -0.4 is 10.1 Å². The largest absolute Gasteiger partial charge is 0.497 e. The summed E-state index contributed by atoms with van der Waals surface area (Å²) in [5.74, 6) is 0.617. The molecule has 1 N–H and O–H groups in total. The molecule has 0 bridgehead atoms. The number of carbonyl (C=O) groups is 1. The number of carbonyl (C=O) groups excluding carboxylic acids is 1. The lowest BCUT2D eigenvalue weighted by Gasteiger charge is -2.11. The van der Waals surface area contributed by atoms with Crippen molar-refractivity contribution in [3.63, 3.8) is 0 Å². The third-order valence-corrected chi connectivity index (χ3v) is 4.39. The number of fused-ring (bicyclic) bond motifs is 1. The number of methoxy groups -OCH3 is 1. The Kier molecular flexibility index (Phi) is 4.61. The van der Waals surface area contributed by atoms with E-state index in [1.807, 2.05) is 53.1 Å². The molecule has 0 aliphatic rings. The predicted octanol–water partition coefficient (Wildman–Crippen LogP) is 3.62. The van der Waals surface area contributed by atoms with Crippen molar-refractivity contribution >= 4 is 17.0 Å². The second kappa shape index (κ2) is 7.37. The lowest BCUT2D eigenvalue weighted by atomic mass is 10.2. The van der Waals surface area contributed by atoms with Crippen LogP contribution in [-0.2, 0) is 13.1 Å². The van der Waals surface area contributed by atoms with E-state index in [0.29, 0.717) is 24.5 Å². The molecule has 4 rings (SSSR count). The molecule has 4 aromatic rings. The van der Waals surface area contributed by atoms with Gasteiger partial charge in [-0.05, 0) is 41.5 Å². The molecular formula is C21H19N3O3. The van der Waals surface area contributed by atoms with Gasteiger partial charge in [0.2, 0.25) is 5.71 Å². The quantitative estimate of drug-likeness (QED) is 0.569. The van der Waals surface area contributed by atoms with E-state index < -0.39 is 0 Å². The van der Waals surface area contributed by atoms with E-state index in [1.54, 1.807) is 25.8 Å². The second-order valence-electron chi connectivity index (χ2n) is 6.19. The predicted molar refractivity (Wildman–Crippen MR) is 102 cm³/mol. The Morgan fingerprint density at radius 2 is 2.07 bits per heavy atom. The van der Waals surface area contributed by atoms with Gasteiger partial charge in [-0.25, -0.2) is 0 Å². The molecule has 0 fully saturated rings. The number of nitrogens with one attached hydrogen (secondary N) is 1. The highest BCUT2D eigenvalue weighted by atomic mass is 16.5. The fourth-order valence-electron chi connectivity index (χ4n) is 3.05. The first-order chi connectivity index (χ1) is 13.2. The zero-order valence-electron chi connectivity index (χ0n) is 14.9. The molecule has 0 unspecified atom stereocenters. The smallest absolute Gasteiger partial charge is 0.268 e. The summed E-state index contributed by atoms with van der Waals surface area (Å²) in [5.41, 5.74) is 3.19. The average molecular weight is 361 g/mol. The highest BCUT2D eigenvalue weighted by Gasteiger charge is 2.18. The van der Waals surface area contributed by atoms with Crippen LogP contribution in [0, 0.1) is 0 Å². The Balaban J connectivity index is 1.61. The summed E-state index contributed by atoms with van der Waals surface area (Å²) < 4.78 is 12.8. The molecule has 0 spiro atoms. The molecule has 0 atom stereocenters. The van der Waals surface area contributed by atoms with Crippen molar-refractivity contribution in [3.05, 3.63) is 84.0 Å². The van der Waals surface area contributed by atoms with E-state index >= 15 is 0 Å². The first-order valence-corrected chi connectivity index (χ1v) is 8.61. The number of furan rings is 1. The van der Waals surface area contributed by atoms with Gasteiger partial charge in [0.05, 0.1) is 19.9 Å². The van der Waals surface area contributed by atoms with E-state index in [2.05, 4.69) is 10.3 Å². The van der Waals surface area contributed by atoms with E-state index in [-0.39, 0.29) is 5.91 Å². The van der Waals surface area contributed by atoms with Crippen LogP contribution in [-0.4, -0.2) is 22.6 Å². The maximum absolute atomic E-state index is 12.8.